The van der Waals surface area contributed by atoms with Gasteiger partial charge in [0.2, 0.25) is 5.76 Å². The van der Waals surface area contributed by atoms with Crippen molar-refractivity contribution in [2.45, 2.75) is 25.8 Å². The summed E-state index contributed by atoms with van der Waals surface area (Å²) in [7, 11) is 0. The number of amides is 1. The van der Waals surface area contributed by atoms with Crippen molar-refractivity contribution in [3.8, 4) is 0 Å². The van der Waals surface area contributed by atoms with Crippen molar-refractivity contribution >= 4 is 11.9 Å². The lowest BCUT2D eigenvalue weighted by molar-refractivity contribution is -0.139. The van der Waals surface area contributed by atoms with Gasteiger partial charge in [0.15, 0.2) is 0 Å². The van der Waals surface area contributed by atoms with E-state index in [9.17, 15) is 14.7 Å². The molecule has 21 heavy (non-hydrogen) atoms. The molecule has 0 saturated carbocycles. The fraction of sp³-hybridized carbons (Fsp3) is 0.267. The molecule has 6 nitrogen and oxygen atoms in total. The summed E-state index contributed by atoms with van der Waals surface area (Å²) in [5, 5.41) is 15.2. The van der Waals surface area contributed by atoms with Gasteiger partial charge in [-0.05, 0) is 25.3 Å². The molecule has 1 heterocycles. The Kier molecular flexibility index (Phi) is 4.71. The standard InChI is InChI=1S/C15H16N2O4/c1-10-9-13(21-17-10)14(18)16-12(15(19)20)8-7-11-5-3-2-4-6-11/h2-6,9,12H,7-8H2,1H3,(H,16,18)(H,19,20). The number of benzene rings is 1. The third-order valence-corrected chi connectivity index (χ3v) is 3.02. The largest absolute Gasteiger partial charge is 0.480 e. The summed E-state index contributed by atoms with van der Waals surface area (Å²) >= 11 is 0. The fourth-order valence-electron chi connectivity index (χ4n) is 1.91. The number of aliphatic carboxylic acids is 1. The van der Waals surface area contributed by atoms with E-state index in [1.165, 1.54) is 6.07 Å². The topological polar surface area (TPSA) is 92.4 Å². The van der Waals surface area contributed by atoms with Crippen LogP contribution in [0.3, 0.4) is 0 Å². The van der Waals surface area contributed by atoms with Crippen LogP contribution in [-0.4, -0.2) is 28.2 Å². The van der Waals surface area contributed by atoms with E-state index in [0.717, 1.165) is 5.56 Å². The Morgan fingerprint density at radius 3 is 2.62 bits per heavy atom. The number of hydrogen-bond donors (Lipinski definition) is 2. The van der Waals surface area contributed by atoms with E-state index >= 15 is 0 Å². The molecule has 2 N–H and O–H groups in total. The van der Waals surface area contributed by atoms with Crippen LogP contribution in [0.4, 0.5) is 0 Å². The second kappa shape index (κ2) is 6.69. The number of carbonyl (C=O) groups excluding carboxylic acids is 1. The molecule has 0 saturated heterocycles. The van der Waals surface area contributed by atoms with Crippen molar-refractivity contribution in [1.29, 1.82) is 0 Å². The maximum atomic E-state index is 11.9. The van der Waals surface area contributed by atoms with Gasteiger partial charge < -0.3 is 14.9 Å². The zero-order chi connectivity index (χ0) is 15.2. The third kappa shape index (κ3) is 4.17. The lowest BCUT2D eigenvalue weighted by Crippen LogP contribution is -2.41. The van der Waals surface area contributed by atoms with Gasteiger partial charge in [-0.1, -0.05) is 35.5 Å². The summed E-state index contributed by atoms with van der Waals surface area (Å²) in [5.41, 5.74) is 1.59. The summed E-state index contributed by atoms with van der Waals surface area (Å²) in [4.78, 5) is 23.1. The van der Waals surface area contributed by atoms with Gasteiger partial charge in [0.05, 0.1) is 5.69 Å². The highest BCUT2D eigenvalue weighted by atomic mass is 16.5. The Labute approximate surface area is 121 Å². The first-order chi connectivity index (χ1) is 10.1. The molecular formula is C15H16N2O4. The molecule has 110 valence electrons. The Morgan fingerprint density at radius 2 is 2.05 bits per heavy atom. The second-order valence-electron chi connectivity index (χ2n) is 4.72. The van der Waals surface area contributed by atoms with Gasteiger partial charge >= 0.3 is 5.97 Å². The maximum Gasteiger partial charge on any atom is 0.326 e. The lowest BCUT2D eigenvalue weighted by atomic mass is 10.1. The van der Waals surface area contributed by atoms with Gasteiger partial charge in [0.1, 0.15) is 6.04 Å². The average Bonchev–Trinajstić information content (AvgIpc) is 2.90. The normalized spacial score (nSPS) is 11.9. The van der Waals surface area contributed by atoms with Crippen LogP contribution >= 0.6 is 0 Å². The van der Waals surface area contributed by atoms with Crippen LogP contribution in [0, 0.1) is 6.92 Å². The molecule has 0 aliphatic rings. The number of nitrogens with zero attached hydrogens (tertiary/aromatic N) is 1. The summed E-state index contributed by atoms with van der Waals surface area (Å²) in [6, 6.07) is 10.0. The molecule has 1 aromatic heterocycles. The number of nitrogens with one attached hydrogen (secondary N) is 1. The first-order valence-electron chi connectivity index (χ1n) is 6.57. The molecule has 2 rings (SSSR count). The van der Waals surface area contributed by atoms with E-state index < -0.39 is 17.9 Å². The van der Waals surface area contributed by atoms with E-state index in [0.29, 0.717) is 18.5 Å². The molecule has 0 aliphatic carbocycles. The van der Waals surface area contributed by atoms with Crippen molar-refractivity contribution in [1.82, 2.24) is 10.5 Å². The number of carbonyl (C=O) groups is 2. The van der Waals surface area contributed by atoms with Gasteiger partial charge in [0, 0.05) is 6.07 Å². The Bertz CT molecular complexity index is 622. The number of aromatic nitrogens is 1. The molecule has 1 unspecified atom stereocenters. The number of hydrogen-bond acceptors (Lipinski definition) is 4. The van der Waals surface area contributed by atoms with E-state index in [1.807, 2.05) is 30.3 Å². The third-order valence-electron chi connectivity index (χ3n) is 3.02. The minimum absolute atomic E-state index is 0.0125. The molecule has 1 atom stereocenters. The van der Waals surface area contributed by atoms with Crippen LogP contribution in [0.2, 0.25) is 0 Å². The van der Waals surface area contributed by atoms with Crippen LogP contribution < -0.4 is 5.32 Å². The smallest absolute Gasteiger partial charge is 0.326 e. The number of carboxylic acid groups (broad SMARTS) is 1. The van der Waals surface area contributed by atoms with Crippen LogP contribution in [0.25, 0.3) is 0 Å². The summed E-state index contributed by atoms with van der Waals surface area (Å²) in [6.07, 6.45) is 0.867. The van der Waals surface area contributed by atoms with Gasteiger partial charge in [-0.3, -0.25) is 4.79 Å². The SMILES string of the molecule is Cc1cc(C(=O)NC(CCc2ccccc2)C(=O)O)on1. The van der Waals surface area contributed by atoms with Crippen LogP contribution in [-0.2, 0) is 11.2 Å². The van der Waals surface area contributed by atoms with Crippen LogP contribution in [0.15, 0.2) is 40.9 Å². The monoisotopic (exact) mass is 288 g/mol. The van der Waals surface area contributed by atoms with Crippen molar-refractivity contribution < 1.29 is 19.2 Å². The summed E-state index contributed by atoms with van der Waals surface area (Å²) < 4.78 is 4.81. The minimum atomic E-state index is -1.07. The average molecular weight is 288 g/mol. The first kappa shape index (κ1) is 14.8. The highest BCUT2D eigenvalue weighted by Crippen LogP contribution is 2.07. The minimum Gasteiger partial charge on any atom is -0.480 e. The predicted octanol–water partition coefficient (Wildman–Crippen LogP) is 1.80. The first-order valence-corrected chi connectivity index (χ1v) is 6.57. The number of carboxylic acids is 1. The van der Waals surface area contributed by atoms with Crippen molar-refractivity contribution in [3.63, 3.8) is 0 Å². The molecule has 0 radical (unpaired) electrons. The molecule has 2 aromatic rings. The molecule has 0 aliphatic heterocycles. The zero-order valence-electron chi connectivity index (χ0n) is 11.6. The van der Waals surface area contributed by atoms with Gasteiger partial charge in [-0.15, -0.1) is 0 Å². The second-order valence-corrected chi connectivity index (χ2v) is 4.72. The van der Waals surface area contributed by atoms with E-state index in [-0.39, 0.29) is 5.76 Å². The number of rotatable bonds is 6. The molecule has 1 amide bonds. The highest BCUT2D eigenvalue weighted by Gasteiger charge is 2.22. The van der Waals surface area contributed by atoms with Crippen molar-refractivity contribution in [3.05, 3.63) is 53.4 Å². The Hall–Kier alpha value is -2.63. The van der Waals surface area contributed by atoms with E-state index in [1.54, 1.807) is 6.92 Å². The Balaban J connectivity index is 1.96. The molecule has 1 aromatic carbocycles. The highest BCUT2D eigenvalue weighted by molar-refractivity contribution is 5.94. The van der Waals surface area contributed by atoms with Gasteiger partial charge in [0.25, 0.3) is 5.91 Å². The zero-order valence-corrected chi connectivity index (χ0v) is 11.6. The quantitative estimate of drug-likeness (QED) is 0.845. The Morgan fingerprint density at radius 1 is 1.33 bits per heavy atom. The summed E-state index contributed by atoms with van der Waals surface area (Å²) in [5.74, 6) is -1.63. The van der Waals surface area contributed by atoms with Crippen LogP contribution in [0.1, 0.15) is 28.2 Å². The van der Waals surface area contributed by atoms with Crippen molar-refractivity contribution in [2.75, 3.05) is 0 Å². The molecule has 0 fully saturated rings. The van der Waals surface area contributed by atoms with Gasteiger partial charge in [-0.25, -0.2) is 4.79 Å². The van der Waals surface area contributed by atoms with Crippen molar-refractivity contribution in [2.24, 2.45) is 0 Å². The number of aryl methyl sites for hydroxylation is 2. The maximum absolute atomic E-state index is 11.9. The van der Waals surface area contributed by atoms with Crippen LogP contribution in [0.5, 0.6) is 0 Å². The fourth-order valence-corrected chi connectivity index (χ4v) is 1.91. The summed E-state index contributed by atoms with van der Waals surface area (Å²) in [6.45, 7) is 1.68. The van der Waals surface area contributed by atoms with E-state index in [2.05, 4.69) is 10.5 Å². The molecule has 0 spiro atoms. The molecular weight excluding hydrogens is 272 g/mol. The molecule has 6 heteroatoms. The molecule has 0 bridgehead atoms. The van der Waals surface area contributed by atoms with Gasteiger partial charge in [-0.2, -0.15) is 0 Å². The van der Waals surface area contributed by atoms with E-state index in [4.69, 9.17) is 4.52 Å². The lowest BCUT2D eigenvalue weighted by Gasteiger charge is -2.13. The predicted molar refractivity (Wildman–Crippen MR) is 74.9 cm³/mol.